The predicted octanol–water partition coefficient (Wildman–Crippen LogP) is 2.48. The van der Waals surface area contributed by atoms with Gasteiger partial charge in [-0.3, -0.25) is 0 Å². The molecule has 0 bridgehead atoms. The predicted molar refractivity (Wildman–Crippen MR) is 75.2 cm³/mol. The zero-order valence-electron chi connectivity index (χ0n) is 11.8. The summed E-state index contributed by atoms with van der Waals surface area (Å²) < 4.78 is 40.5. The number of sulfonamides is 1. The van der Waals surface area contributed by atoms with Crippen LogP contribution in [0, 0.1) is 5.82 Å². The van der Waals surface area contributed by atoms with Crippen LogP contribution in [-0.4, -0.2) is 36.4 Å². The molecule has 1 saturated carbocycles. The third kappa shape index (κ3) is 3.08. The monoisotopic (exact) mass is 315 g/mol. The summed E-state index contributed by atoms with van der Waals surface area (Å²) in [6.07, 6.45) is 3.42. The number of rotatable bonds is 5. The van der Waals surface area contributed by atoms with Crippen molar-refractivity contribution < 1.29 is 22.7 Å². The van der Waals surface area contributed by atoms with Gasteiger partial charge >= 0.3 is 5.97 Å². The Kier molecular flexibility index (Phi) is 4.63. The van der Waals surface area contributed by atoms with Crippen LogP contribution in [0.5, 0.6) is 0 Å². The minimum atomic E-state index is -4.03. The average Bonchev–Trinajstić information content (AvgIpc) is 2.93. The molecule has 0 amide bonds. The Balaban J connectivity index is 2.46. The van der Waals surface area contributed by atoms with Gasteiger partial charge in [0.15, 0.2) is 0 Å². The van der Waals surface area contributed by atoms with Crippen molar-refractivity contribution in [1.29, 1.82) is 0 Å². The van der Waals surface area contributed by atoms with E-state index in [-0.39, 0.29) is 18.2 Å². The zero-order valence-corrected chi connectivity index (χ0v) is 12.6. The van der Waals surface area contributed by atoms with Crippen LogP contribution in [-0.2, 0) is 10.0 Å². The number of carboxylic acid groups (broad SMARTS) is 1. The van der Waals surface area contributed by atoms with Crippen LogP contribution >= 0.6 is 0 Å². The van der Waals surface area contributed by atoms with Crippen molar-refractivity contribution in [3.8, 4) is 0 Å². The summed E-state index contributed by atoms with van der Waals surface area (Å²) in [4.78, 5) is 10.4. The molecule has 7 heteroatoms. The summed E-state index contributed by atoms with van der Waals surface area (Å²) in [6, 6.07) is 2.71. The first-order chi connectivity index (χ1) is 9.87. The van der Waals surface area contributed by atoms with Gasteiger partial charge < -0.3 is 5.11 Å². The van der Waals surface area contributed by atoms with Gasteiger partial charge in [-0.2, -0.15) is 4.31 Å². The number of nitrogens with zero attached hydrogens (tertiary/aromatic N) is 1. The fourth-order valence-electron chi connectivity index (χ4n) is 2.78. The maximum atomic E-state index is 13.9. The Morgan fingerprint density at radius 1 is 1.38 bits per heavy atom. The molecular weight excluding hydrogens is 297 g/mol. The molecule has 21 heavy (non-hydrogen) atoms. The second-order valence-electron chi connectivity index (χ2n) is 5.10. The number of hydrogen-bond donors (Lipinski definition) is 1. The zero-order chi connectivity index (χ0) is 15.6. The molecule has 0 aromatic heterocycles. The number of benzene rings is 1. The Hall–Kier alpha value is -1.47. The van der Waals surface area contributed by atoms with Crippen molar-refractivity contribution in [2.45, 2.75) is 43.5 Å². The largest absolute Gasteiger partial charge is 0.478 e. The fourth-order valence-corrected chi connectivity index (χ4v) is 4.56. The van der Waals surface area contributed by atoms with E-state index in [1.165, 1.54) is 4.31 Å². The molecule has 0 aliphatic heterocycles. The smallest absolute Gasteiger partial charge is 0.335 e. The van der Waals surface area contributed by atoms with Crippen molar-refractivity contribution in [3.63, 3.8) is 0 Å². The summed E-state index contributed by atoms with van der Waals surface area (Å²) >= 11 is 0. The minimum absolute atomic E-state index is 0.132. The first kappa shape index (κ1) is 15.9. The average molecular weight is 315 g/mol. The van der Waals surface area contributed by atoms with Crippen LogP contribution in [0.25, 0.3) is 0 Å². The summed E-state index contributed by atoms with van der Waals surface area (Å²) in [5, 5.41) is 8.94. The van der Waals surface area contributed by atoms with Gasteiger partial charge in [-0.05, 0) is 31.0 Å². The summed E-state index contributed by atoms with van der Waals surface area (Å²) in [7, 11) is -4.03. The molecule has 1 fully saturated rings. The van der Waals surface area contributed by atoms with Gasteiger partial charge in [0.1, 0.15) is 10.7 Å². The standard InChI is InChI=1S/C14H18FNO4S/c1-2-16(11-5-3-4-6-11)21(19,20)13-9-10(14(17)18)7-8-12(13)15/h7-9,11H,2-6H2,1H3,(H,17,18). The lowest BCUT2D eigenvalue weighted by Crippen LogP contribution is -2.39. The van der Waals surface area contributed by atoms with Crippen LogP contribution in [0.4, 0.5) is 4.39 Å². The van der Waals surface area contributed by atoms with Crippen molar-refractivity contribution in [2.75, 3.05) is 6.54 Å². The number of carbonyl (C=O) groups is 1. The number of halogens is 1. The molecule has 1 aromatic carbocycles. The van der Waals surface area contributed by atoms with Gasteiger partial charge in [0.05, 0.1) is 5.56 Å². The molecule has 0 atom stereocenters. The summed E-state index contributed by atoms with van der Waals surface area (Å²) in [6.45, 7) is 1.94. The lowest BCUT2D eigenvalue weighted by Gasteiger charge is -2.27. The normalized spacial score (nSPS) is 16.5. The molecule has 116 valence electrons. The second kappa shape index (κ2) is 6.11. The highest BCUT2D eigenvalue weighted by molar-refractivity contribution is 7.89. The van der Waals surface area contributed by atoms with Gasteiger partial charge in [0, 0.05) is 12.6 Å². The lowest BCUT2D eigenvalue weighted by atomic mass is 10.2. The highest BCUT2D eigenvalue weighted by Gasteiger charge is 2.34. The van der Waals surface area contributed by atoms with Crippen LogP contribution < -0.4 is 0 Å². The number of aromatic carboxylic acids is 1. The Labute approximate surface area is 123 Å². The maximum Gasteiger partial charge on any atom is 0.335 e. The Bertz CT molecular complexity index is 638. The third-order valence-corrected chi connectivity index (χ3v) is 5.85. The van der Waals surface area contributed by atoms with Gasteiger partial charge in [0.25, 0.3) is 0 Å². The number of hydrogen-bond acceptors (Lipinski definition) is 3. The first-order valence-corrected chi connectivity index (χ1v) is 8.36. The molecule has 0 spiro atoms. The van der Waals surface area contributed by atoms with Crippen LogP contribution in [0.2, 0.25) is 0 Å². The fraction of sp³-hybridized carbons (Fsp3) is 0.500. The molecule has 2 rings (SSSR count). The van der Waals surface area contributed by atoms with Crippen molar-refractivity contribution in [3.05, 3.63) is 29.6 Å². The third-order valence-electron chi connectivity index (χ3n) is 3.81. The van der Waals surface area contributed by atoms with Crippen LogP contribution in [0.1, 0.15) is 43.0 Å². The van der Waals surface area contributed by atoms with Crippen LogP contribution in [0.15, 0.2) is 23.1 Å². The first-order valence-electron chi connectivity index (χ1n) is 6.92. The molecule has 5 nitrogen and oxygen atoms in total. The van der Waals surface area contributed by atoms with E-state index in [2.05, 4.69) is 0 Å². The van der Waals surface area contributed by atoms with Crippen molar-refractivity contribution >= 4 is 16.0 Å². The van der Waals surface area contributed by atoms with E-state index in [1.807, 2.05) is 0 Å². The Morgan fingerprint density at radius 2 is 2.00 bits per heavy atom. The van der Waals surface area contributed by atoms with E-state index in [4.69, 9.17) is 5.11 Å². The highest BCUT2D eigenvalue weighted by atomic mass is 32.2. The van der Waals surface area contributed by atoms with Crippen molar-refractivity contribution in [1.82, 2.24) is 4.31 Å². The van der Waals surface area contributed by atoms with E-state index in [0.29, 0.717) is 0 Å². The number of carboxylic acids is 1. The van der Waals surface area contributed by atoms with Gasteiger partial charge in [-0.25, -0.2) is 17.6 Å². The van der Waals surface area contributed by atoms with E-state index in [9.17, 15) is 17.6 Å². The minimum Gasteiger partial charge on any atom is -0.478 e. The summed E-state index contributed by atoms with van der Waals surface area (Å²) in [5.74, 6) is -2.20. The highest BCUT2D eigenvalue weighted by Crippen LogP contribution is 2.29. The molecule has 0 radical (unpaired) electrons. The van der Waals surface area contributed by atoms with E-state index >= 15 is 0 Å². The quantitative estimate of drug-likeness (QED) is 0.906. The molecule has 0 saturated heterocycles. The molecule has 1 N–H and O–H groups in total. The van der Waals surface area contributed by atoms with Gasteiger partial charge in [-0.15, -0.1) is 0 Å². The van der Waals surface area contributed by atoms with Crippen LogP contribution in [0.3, 0.4) is 0 Å². The molecule has 0 unspecified atom stereocenters. The molecule has 1 aromatic rings. The van der Waals surface area contributed by atoms with Crippen molar-refractivity contribution in [2.24, 2.45) is 0 Å². The SMILES string of the molecule is CCN(C1CCCC1)S(=O)(=O)c1cc(C(=O)O)ccc1F. The maximum absolute atomic E-state index is 13.9. The van der Waals surface area contributed by atoms with Gasteiger partial charge in [-0.1, -0.05) is 19.8 Å². The van der Waals surface area contributed by atoms with E-state index in [1.54, 1.807) is 6.92 Å². The van der Waals surface area contributed by atoms with E-state index < -0.39 is 26.7 Å². The molecular formula is C14H18FNO4S. The Morgan fingerprint density at radius 3 is 2.52 bits per heavy atom. The molecule has 1 aliphatic carbocycles. The molecule has 1 aliphatic rings. The lowest BCUT2D eigenvalue weighted by molar-refractivity contribution is 0.0696. The van der Waals surface area contributed by atoms with Gasteiger partial charge in [0.2, 0.25) is 10.0 Å². The molecule has 0 heterocycles. The second-order valence-corrected chi connectivity index (χ2v) is 6.96. The topological polar surface area (TPSA) is 74.7 Å². The van der Waals surface area contributed by atoms with E-state index in [0.717, 1.165) is 43.9 Å². The summed E-state index contributed by atoms with van der Waals surface area (Å²) in [5.41, 5.74) is -0.238.